The second kappa shape index (κ2) is 6.81. The minimum Gasteiger partial charge on any atom is -0.339 e. The van der Waals surface area contributed by atoms with E-state index in [2.05, 4.69) is 0 Å². The maximum absolute atomic E-state index is 13.6. The first kappa shape index (κ1) is 16.3. The molecule has 1 saturated heterocycles. The molecule has 4 nitrogen and oxygen atoms in total. The van der Waals surface area contributed by atoms with Crippen LogP contribution in [0.4, 0.5) is 13.2 Å². The number of carbonyl (C=O) groups is 2. The van der Waals surface area contributed by atoms with Crippen molar-refractivity contribution in [3.8, 4) is 0 Å². The molecule has 22 heavy (non-hydrogen) atoms. The zero-order valence-electron chi connectivity index (χ0n) is 12.2. The van der Waals surface area contributed by atoms with Crippen molar-refractivity contribution in [1.82, 2.24) is 9.80 Å². The topological polar surface area (TPSA) is 40.6 Å². The van der Waals surface area contributed by atoms with Crippen LogP contribution in [0.2, 0.25) is 0 Å². The minimum absolute atomic E-state index is 0.0219. The summed E-state index contributed by atoms with van der Waals surface area (Å²) >= 11 is 0. The van der Waals surface area contributed by atoms with Crippen LogP contribution in [-0.4, -0.2) is 47.8 Å². The third kappa shape index (κ3) is 3.23. The number of hydrogen-bond donors (Lipinski definition) is 0. The van der Waals surface area contributed by atoms with E-state index < -0.39 is 28.9 Å². The average Bonchev–Trinajstić information content (AvgIpc) is 2.52. The van der Waals surface area contributed by atoms with Gasteiger partial charge in [0.2, 0.25) is 5.91 Å². The predicted molar refractivity (Wildman–Crippen MR) is 73.7 cm³/mol. The SMILES string of the molecule is CCCC(=O)N1CCN(C(=O)c2ccc(F)c(F)c2F)CC1. The Morgan fingerprint density at radius 3 is 2.18 bits per heavy atom. The number of amides is 2. The highest BCUT2D eigenvalue weighted by Gasteiger charge is 2.27. The Labute approximate surface area is 126 Å². The largest absolute Gasteiger partial charge is 0.339 e. The number of benzene rings is 1. The van der Waals surface area contributed by atoms with Crippen LogP contribution in [0.1, 0.15) is 30.1 Å². The molecule has 0 unspecified atom stereocenters. The Bertz CT molecular complexity index is 584. The first-order chi connectivity index (χ1) is 10.5. The van der Waals surface area contributed by atoms with Crippen LogP contribution in [0.25, 0.3) is 0 Å². The van der Waals surface area contributed by atoms with Crippen LogP contribution in [0.3, 0.4) is 0 Å². The third-order valence-electron chi connectivity index (χ3n) is 3.65. The van der Waals surface area contributed by atoms with Crippen molar-refractivity contribution in [2.75, 3.05) is 26.2 Å². The van der Waals surface area contributed by atoms with Gasteiger partial charge in [0, 0.05) is 32.6 Å². The fourth-order valence-corrected chi connectivity index (χ4v) is 2.39. The first-order valence-electron chi connectivity index (χ1n) is 7.16. The Morgan fingerprint density at radius 2 is 1.59 bits per heavy atom. The van der Waals surface area contributed by atoms with E-state index in [1.165, 1.54) is 4.90 Å². The number of nitrogens with zero attached hydrogens (tertiary/aromatic N) is 2. The highest BCUT2D eigenvalue weighted by Crippen LogP contribution is 2.18. The van der Waals surface area contributed by atoms with E-state index >= 15 is 0 Å². The van der Waals surface area contributed by atoms with Gasteiger partial charge >= 0.3 is 0 Å². The molecule has 0 radical (unpaired) electrons. The van der Waals surface area contributed by atoms with Gasteiger partial charge in [0.05, 0.1) is 5.56 Å². The molecule has 0 bridgehead atoms. The number of piperazine rings is 1. The molecule has 0 saturated carbocycles. The summed E-state index contributed by atoms with van der Waals surface area (Å²) in [7, 11) is 0. The zero-order valence-corrected chi connectivity index (χ0v) is 12.2. The maximum Gasteiger partial charge on any atom is 0.257 e. The summed E-state index contributed by atoms with van der Waals surface area (Å²) in [6.07, 6.45) is 1.20. The highest BCUT2D eigenvalue weighted by atomic mass is 19.2. The van der Waals surface area contributed by atoms with Gasteiger partial charge in [-0.3, -0.25) is 9.59 Å². The molecule has 0 spiro atoms. The maximum atomic E-state index is 13.6. The molecule has 1 heterocycles. The molecule has 1 aromatic carbocycles. The Hall–Kier alpha value is -2.05. The van der Waals surface area contributed by atoms with Crippen LogP contribution in [-0.2, 0) is 4.79 Å². The van der Waals surface area contributed by atoms with Gasteiger partial charge in [-0.15, -0.1) is 0 Å². The number of hydrogen-bond acceptors (Lipinski definition) is 2. The molecule has 0 N–H and O–H groups in total. The summed E-state index contributed by atoms with van der Waals surface area (Å²) < 4.78 is 39.7. The van der Waals surface area contributed by atoms with Crippen LogP contribution in [0.5, 0.6) is 0 Å². The van der Waals surface area contributed by atoms with Gasteiger partial charge in [0.25, 0.3) is 5.91 Å². The highest BCUT2D eigenvalue weighted by molar-refractivity contribution is 5.94. The molecule has 0 aromatic heterocycles. The van der Waals surface area contributed by atoms with E-state index in [-0.39, 0.29) is 19.0 Å². The summed E-state index contributed by atoms with van der Waals surface area (Å²) in [4.78, 5) is 26.9. The molecule has 7 heteroatoms. The lowest BCUT2D eigenvalue weighted by Gasteiger charge is -2.35. The van der Waals surface area contributed by atoms with Gasteiger partial charge in [-0.1, -0.05) is 6.92 Å². The first-order valence-corrected chi connectivity index (χ1v) is 7.16. The van der Waals surface area contributed by atoms with Crippen molar-refractivity contribution in [1.29, 1.82) is 0 Å². The zero-order chi connectivity index (χ0) is 16.3. The van der Waals surface area contributed by atoms with Crippen molar-refractivity contribution < 1.29 is 22.8 Å². The van der Waals surface area contributed by atoms with E-state index in [0.717, 1.165) is 18.6 Å². The molecule has 2 amide bonds. The summed E-state index contributed by atoms with van der Waals surface area (Å²) in [6, 6.07) is 1.66. The smallest absolute Gasteiger partial charge is 0.257 e. The average molecular weight is 314 g/mol. The van der Waals surface area contributed by atoms with Crippen LogP contribution in [0.15, 0.2) is 12.1 Å². The third-order valence-corrected chi connectivity index (χ3v) is 3.65. The molecule has 1 fully saturated rings. The van der Waals surface area contributed by atoms with E-state index in [1.807, 2.05) is 6.92 Å². The molecule has 0 atom stereocenters. The molecule has 120 valence electrons. The lowest BCUT2D eigenvalue weighted by Crippen LogP contribution is -2.50. The van der Waals surface area contributed by atoms with E-state index in [4.69, 9.17) is 0 Å². The fourth-order valence-electron chi connectivity index (χ4n) is 2.39. The molecule has 2 rings (SSSR count). The molecule has 1 aromatic rings. The number of carbonyl (C=O) groups excluding carboxylic acids is 2. The van der Waals surface area contributed by atoms with Crippen molar-refractivity contribution in [3.63, 3.8) is 0 Å². The molecule has 0 aliphatic carbocycles. The normalized spacial score (nSPS) is 15.1. The van der Waals surface area contributed by atoms with Crippen molar-refractivity contribution in [2.45, 2.75) is 19.8 Å². The van der Waals surface area contributed by atoms with Crippen LogP contribution >= 0.6 is 0 Å². The Balaban J connectivity index is 2.04. The molecule has 1 aliphatic heterocycles. The van der Waals surface area contributed by atoms with Gasteiger partial charge in [-0.2, -0.15) is 0 Å². The van der Waals surface area contributed by atoms with Gasteiger partial charge in [-0.25, -0.2) is 13.2 Å². The van der Waals surface area contributed by atoms with Crippen LogP contribution in [0, 0.1) is 17.5 Å². The fraction of sp³-hybridized carbons (Fsp3) is 0.467. The minimum atomic E-state index is -1.65. The summed E-state index contributed by atoms with van der Waals surface area (Å²) in [5.41, 5.74) is -0.493. The van der Waals surface area contributed by atoms with Gasteiger partial charge in [0.1, 0.15) is 0 Å². The summed E-state index contributed by atoms with van der Waals surface area (Å²) in [5, 5.41) is 0. The molecular formula is C15H17F3N2O2. The second-order valence-electron chi connectivity index (χ2n) is 5.15. The lowest BCUT2D eigenvalue weighted by molar-refractivity contribution is -0.132. The summed E-state index contributed by atoms with van der Waals surface area (Å²) in [6.45, 7) is 3.11. The van der Waals surface area contributed by atoms with Gasteiger partial charge in [0.15, 0.2) is 17.5 Å². The quantitative estimate of drug-likeness (QED) is 0.803. The lowest BCUT2D eigenvalue weighted by atomic mass is 10.1. The second-order valence-corrected chi connectivity index (χ2v) is 5.15. The Morgan fingerprint density at radius 1 is 1.00 bits per heavy atom. The monoisotopic (exact) mass is 314 g/mol. The summed E-state index contributed by atoms with van der Waals surface area (Å²) in [5.74, 6) is -5.13. The molecular weight excluding hydrogens is 297 g/mol. The van der Waals surface area contributed by atoms with Crippen molar-refractivity contribution in [2.24, 2.45) is 0 Å². The number of halogens is 3. The van der Waals surface area contributed by atoms with Crippen molar-refractivity contribution >= 4 is 11.8 Å². The van der Waals surface area contributed by atoms with E-state index in [0.29, 0.717) is 19.5 Å². The molecule has 1 aliphatic rings. The number of rotatable bonds is 3. The van der Waals surface area contributed by atoms with E-state index in [9.17, 15) is 22.8 Å². The predicted octanol–water partition coefficient (Wildman–Crippen LogP) is 2.19. The standard InChI is InChI=1S/C15H17F3N2O2/c1-2-3-12(21)19-6-8-20(9-7-19)15(22)10-4-5-11(16)14(18)13(10)17/h4-5H,2-3,6-9H2,1H3. The Kier molecular flexibility index (Phi) is 5.05. The van der Waals surface area contributed by atoms with Gasteiger partial charge in [-0.05, 0) is 18.6 Å². The van der Waals surface area contributed by atoms with Crippen molar-refractivity contribution in [3.05, 3.63) is 35.1 Å². The van der Waals surface area contributed by atoms with Crippen LogP contribution < -0.4 is 0 Å². The van der Waals surface area contributed by atoms with E-state index in [1.54, 1.807) is 4.90 Å². The van der Waals surface area contributed by atoms with Gasteiger partial charge < -0.3 is 9.80 Å².